The standard InChI is InChI=1S/C17H20ClNO5S/c1-22-13-5-4-12(17(10-13)24-3)8-9-19-25(20,21)14-6-7-16(23-2)15(18)11-14/h4-7,10-11,19H,8-9H2,1-3H3. The van der Waals surface area contributed by atoms with E-state index in [0.717, 1.165) is 5.56 Å². The molecule has 0 fully saturated rings. The summed E-state index contributed by atoms with van der Waals surface area (Å²) in [7, 11) is 0.932. The zero-order chi connectivity index (χ0) is 18.4. The summed E-state index contributed by atoms with van der Waals surface area (Å²) < 4.78 is 42.8. The van der Waals surface area contributed by atoms with E-state index < -0.39 is 10.0 Å². The van der Waals surface area contributed by atoms with Crippen molar-refractivity contribution in [2.45, 2.75) is 11.3 Å². The fourth-order valence-corrected chi connectivity index (χ4v) is 3.66. The van der Waals surface area contributed by atoms with Crippen LogP contribution in [0, 0.1) is 0 Å². The Hall–Kier alpha value is -1.96. The molecule has 2 aromatic rings. The summed E-state index contributed by atoms with van der Waals surface area (Å²) >= 11 is 5.99. The van der Waals surface area contributed by atoms with Gasteiger partial charge in [0, 0.05) is 12.6 Å². The number of benzene rings is 2. The summed E-state index contributed by atoms with van der Waals surface area (Å²) in [4.78, 5) is 0.0833. The molecule has 2 aromatic carbocycles. The van der Waals surface area contributed by atoms with E-state index >= 15 is 0 Å². The monoisotopic (exact) mass is 385 g/mol. The van der Waals surface area contributed by atoms with Crippen LogP contribution < -0.4 is 18.9 Å². The van der Waals surface area contributed by atoms with E-state index in [0.29, 0.717) is 23.7 Å². The Balaban J connectivity index is 2.07. The fraction of sp³-hybridized carbons (Fsp3) is 0.294. The second-order valence-corrected chi connectivity index (χ2v) is 7.30. The van der Waals surface area contributed by atoms with Crippen molar-refractivity contribution in [1.29, 1.82) is 0 Å². The minimum atomic E-state index is -3.67. The molecule has 0 saturated carbocycles. The van der Waals surface area contributed by atoms with Gasteiger partial charge in [0.05, 0.1) is 31.2 Å². The topological polar surface area (TPSA) is 73.9 Å². The van der Waals surface area contributed by atoms with E-state index in [1.54, 1.807) is 26.4 Å². The lowest BCUT2D eigenvalue weighted by Crippen LogP contribution is -2.26. The van der Waals surface area contributed by atoms with E-state index in [-0.39, 0.29) is 16.5 Å². The number of sulfonamides is 1. The smallest absolute Gasteiger partial charge is 0.240 e. The number of ether oxygens (including phenoxy) is 3. The van der Waals surface area contributed by atoms with E-state index in [2.05, 4.69) is 4.72 Å². The average molecular weight is 386 g/mol. The maximum absolute atomic E-state index is 12.4. The molecule has 2 rings (SSSR count). The first-order valence-corrected chi connectivity index (χ1v) is 9.31. The van der Waals surface area contributed by atoms with E-state index in [1.807, 2.05) is 6.07 Å². The van der Waals surface area contributed by atoms with Gasteiger partial charge in [-0.05, 0) is 36.2 Å². The molecule has 6 nitrogen and oxygen atoms in total. The number of halogens is 1. The Morgan fingerprint density at radius 2 is 1.68 bits per heavy atom. The highest BCUT2D eigenvalue weighted by molar-refractivity contribution is 7.89. The molecule has 0 amide bonds. The highest BCUT2D eigenvalue weighted by Crippen LogP contribution is 2.27. The van der Waals surface area contributed by atoms with Gasteiger partial charge in [0.25, 0.3) is 0 Å². The Morgan fingerprint density at radius 3 is 2.28 bits per heavy atom. The minimum absolute atomic E-state index is 0.0833. The van der Waals surface area contributed by atoms with Gasteiger partial charge in [0.2, 0.25) is 10.0 Å². The molecule has 0 aliphatic heterocycles. The van der Waals surface area contributed by atoms with Gasteiger partial charge in [-0.25, -0.2) is 13.1 Å². The Labute approximate surface area is 152 Å². The van der Waals surface area contributed by atoms with Crippen molar-refractivity contribution < 1.29 is 22.6 Å². The van der Waals surface area contributed by atoms with Crippen LogP contribution in [0.25, 0.3) is 0 Å². The molecular formula is C17H20ClNO5S. The first-order chi connectivity index (χ1) is 11.9. The van der Waals surface area contributed by atoms with Crippen molar-refractivity contribution in [2.75, 3.05) is 27.9 Å². The Bertz CT molecular complexity index is 839. The third-order valence-corrected chi connectivity index (χ3v) is 5.37. The summed E-state index contributed by atoms with van der Waals surface area (Å²) in [6, 6.07) is 9.72. The average Bonchev–Trinajstić information content (AvgIpc) is 2.61. The molecule has 1 N–H and O–H groups in total. The van der Waals surface area contributed by atoms with Gasteiger partial charge in [-0.3, -0.25) is 0 Å². The Morgan fingerprint density at radius 1 is 0.960 bits per heavy atom. The summed E-state index contributed by atoms with van der Waals surface area (Å²) in [6.07, 6.45) is 0.469. The van der Waals surface area contributed by atoms with Crippen LogP contribution in [0.2, 0.25) is 5.02 Å². The third kappa shape index (κ3) is 4.78. The van der Waals surface area contributed by atoms with Crippen LogP contribution in [0.5, 0.6) is 17.2 Å². The van der Waals surface area contributed by atoms with Crippen molar-refractivity contribution in [2.24, 2.45) is 0 Å². The molecule has 0 radical (unpaired) electrons. The first kappa shape index (κ1) is 19.4. The van der Waals surface area contributed by atoms with E-state index in [4.69, 9.17) is 25.8 Å². The summed E-state index contributed by atoms with van der Waals surface area (Å²) in [6.45, 7) is 0.217. The zero-order valence-corrected chi connectivity index (χ0v) is 15.8. The summed E-state index contributed by atoms with van der Waals surface area (Å²) in [5.74, 6) is 1.74. The van der Waals surface area contributed by atoms with Gasteiger partial charge in [-0.15, -0.1) is 0 Å². The number of nitrogens with one attached hydrogen (secondary N) is 1. The lowest BCUT2D eigenvalue weighted by molar-refractivity contribution is 0.391. The van der Waals surface area contributed by atoms with Crippen LogP contribution in [0.1, 0.15) is 5.56 Å². The molecule has 0 unspecified atom stereocenters. The number of hydrogen-bond donors (Lipinski definition) is 1. The largest absolute Gasteiger partial charge is 0.497 e. The molecule has 136 valence electrons. The lowest BCUT2D eigenvalue weighted by atomic mass is 10.1. The van der Waals surface area contributed by atoms with Gasteiger partial charge < -0.3 is 14.2 Å². The van der Waals surface area contributed by atoms with Crippen molar-refractivity contribution in [1.82, 2.24) is 4.72 Å². The zero-order valence-electron chi connectivity index (χ0n) is 14.2. The van der Waals surface area contributed by atoms with Gasteiger partial charge in [0.1, 0.15) is 17.2 Å². The van der Waals surface area contributed by atoms with Gasteiger partial charge in [-0.2, -0.15) is 0 Å². The summed E-state index contributed by atoms with van der Waals surface area (Å²) in [5.41, 5.74) is 0.874. The molecule has 0 heterocycles. The third-order valence-electron chi connectivity index (χ3n) is 3.61. The van der Waals surface area contributed by atoms with Crippen molar-refractivity contribution >= 4 is 21.6 Å². The van der Waals surface area contributed by atoms with Crippen LogP contribution >= 0.6 is 11.6 Å². The number of methoxy groups -OCH3 is 3. The van der Waals surface area contributed by atoms with E-state index in [9.17, 15) is 8.42 Å². The van der Waals surface area contributed by atoms with Crippen LogP contribution in [0.3, 0.4) is 0 Å². The molecule has 8 heteroatoms. The fourth-order valence-electron chi connectivity index (χ4n) is 2.28. The van der Waals surface area contributed by atoms with Gasteiger partial charge >= 0.3 is 0 Å². The molecule has 0 aromatic heterocycles. The number of rotatable bonds is 8. The molecule has 0 aliphatic carbocycles. The number of hydrogen-bond acceptors (Lipinski definition) is 5. The second kappa shape index (κ2) is 8.42. The normalized spacial score (nSPS) is 11.2. The first-order valence-electron chi connectivity index (χ1n) is 7.45. The van der Waals surface area contributed by atoms with Gasteiger partial charge in [-0.1, -0.05) is 17.7 Å². The van der Waals surface area contributed by atoms with Crippen LogP contribution in [-0.4, -0.2) is 36.3 Å². The SMILES string of the molecule is COc1ccc(CCNS(=O)(=O)c2ccc(OC)c(Cl)c2)c(OC)c1. The highest BCUT2D eigenvalue weighted by Gasteiger charge is 2.16. The predicted octanol–water partition coefficient (Wildman–Crippen LogP) is 2.89. The minimum Gasteiger partial charge on any atom is -0.497 e. The molecule has 0 saturated heterocycles. The molecule has 0 spiro atoms. The van der Waals surface area contributed by atoms with Crippen molar-refractivity contribution in [3.8, 4) is 17.2 Å². The molecule has 0 bridgehead atoms. The second-order valence-electron chi connectivity index (χ2n) is 5.12. The van der Waals surface area contributed by atoms with Crippen molar-refractivity contribution in [3.05, 3.63) is 47.0 Å². The van der Waals surface area contributed by atoms with E-state index in [1.165, 1.54) is 25.3 Å². The van der Waals surface area contributed by atoms with Crippen LogP contribution in [0.4, 0.5) is 0 Å². The summed E-state index contributed by atoms with van der Waals surface area (Å²) in [5, 5.41) is 0.238. The Kier molecular flexibility index (Phi) is 6.52. The highest BCUT2D eigenvalue weighted by atomic mass is 35.5. The molecular weight excluding hydrogens is 366 g/mol. The molecule has 0 atom stereocenters. The molecule has 25 heavy (non-hydrogen) atoms. The predicted molar refractivity (Wildman–Crippen MR) is 96.4 cm³/mol. The van der Waals surface area contributed by atoms with Crippen molar-refractivity contribution in [3.63, 3.8) is 0 Å². The maximum Gasteiger partial charge on any atom is 0.240 e. The lowest BCUT2D eigenvalue weighted by Gasteiger charge is -2.12. The van der Waals surface area contributed by atoms with Gasteiger partial charge in [0.15, 0.2) is 0 Å². The van der Waals surface area contributed by atoms with Crippen LogP contribution in [0.15, 0.2) is 41.3 Å². The molecule has 0 aliphatic rings. The van der Waals surface area contributed by atoms with Crippen LogP contribution in [-0.2, 0) is 16.4 Å². The maximum atomic E-state index is 12.4. The quantitative estimate of drug-likeness (QED) is 0.756.